The average molecular weight is 449 g/mol. The lowest BCUT2D eigenvalue weighted by molar-refractivity contribution is 0.482. The third kappa shape index (κ3) is 4.77. The first kappa shape index (κ1) is 20.9. The van der Waals surface area contributed by atoms with Crippen LogP contribution in [0.1, 0.15) is 18.4 Å². The van der Waals surface area contributed by atoms with Crippen LogP contribution >= 0.6 is 0 Å². The summed E-state index contributed by atoms with van der Waals surface area (Å²) in [7, 11) is 0. The molecular weight excluding hydrogens is 428 g/mol. The molecule has 0 atom stereocenters. The van der Waals surface area contributed by atoms with Crippen molar-refractivity contribution in [3.63, 3.8) is 0 Å². The molecule has 0 radical (unpaired) electrons. The maximum absolute atomic E-state index is 13.9. The number of anilines is 1. The molecule has 0 aliphatic heterocycles. The topological polar surface area (TPSA) is 74.0 Å². The van der Waals surface area contributed by atoms with E-state index in [0.717, 1.165) is 39.7 Å². The molecule has 2 heterocycles. The molecule has 0 saturated heterocycles. The van der Waals surface area contributed by atoms with E-state index in [1.807, 2.05) is 6.07 Å². The van der Waals surface area contributed by atoms with E-state index >= 15 is 0 Å². The van der Waals surface area contributed by atoms with E-state index in [0.29, 0.717) is 17.2 Å². The third-order valence-corrected chi connectivity index (χ3v) is 5.44. The number of benzene rings is 2. The van der Waals surface area contributed by atoms with E-state index in [1.165, 1.54) is 25.2 Å². The first-order chi connectivity index (χ1) is 16.1. The summed E-state index contributed by atoms with van der Waals surface area (Å²) in [6.45, 7) is 0.661. The van der Waals surface area contributed by atoms with Gasteiger partial charge in [0.2, 0.25) is 0 Å². The zero-order chi connectivity index (χ0) is 22.8. The third-order valence-electron chi connectivity index (χ3n) is 5.44. The van der Waals surface area contributed by atoms with Crippen molar-refractivity contribution in [3.8, 4) is 17.2 Å². The van der Waals surface area contributed by atoms with Crippen molar-refractivity contribution < 1.29 is 13.5 Å². The first-order valence-electron chi connectivity index (χ1n) is 10.6. The minimum atomic E-state index is -0.710. The minimum absolute atomic E-state index is 0.189. The van der Waals surface area contributed by atoms with Gasteiger partial charge in [-0.3, -0.25) is 4.57 Å². The Bertz CT molecular complexity index is 1310. The molecule has 168 valence electrons. The van der Waals surface area contributed by atoms with Crippen molar-refractivity contribution in [1.29, 1.82) is 0 Å². The summed E-state index contributed by atoms with van der Waals surface area (Å²) in [5, 5.41) is 7.38. The molecule has 0 amide bonds. The Morgan fingerprint density at radius 3 is 2.52 bits per heavy atom. The fourth-order valence-electron chi connectivity index (χ4n) is 3.41. The number of rotatable bonds is 8. The van der Waals surface area contributed by atoms with Gasteiger partial charge in [-0.2, -0.15) is 9.78 Å². The Labute approximate surface area is 188 Å². The summed E-state index contributed by atoms with van der Waals surface area (Å²) in [4.78, 5) is 17.0. The molecule has 1 N–H and O–H groups in total. The molecule has 0 spiro atoms. The van der Waals surface area contributed by atoms with Crippen LogP contribution in [0.15, 0.2) is 71.9 Å². The Balaban J connectivity index is 1.29. The average Bonchev–Trinajstić information content (AvgIpc) is 3.58. The fourth-order valence-corrected chi connectivity index (χ4v) is 3.41. The van der Waals surface area contributed by atoms with Crippen molar-refractivity contribution in [2.24, 2.45) is 5.92 Å². The quantitative estimate of drug-likeness (QED) is 0.433. The molecule has 1 saturated carbocycles. The molecule has 0 bridgehead atoms. The molecule has 9 heteroatoms. The molecule has 2 aromatic carbocycles. The van der Waals surface area contributed by atoms with Crippen LogP contribution in [0, 0.1) is 17.6 Å². The van der Waals surface area contributed by atoms with E-state index in [4.69, 9.17) is 4.74 Å². The van der Waals surface area contributed by atoms with Crippen LogP contribution in [0.3, 0.4) is 0 Å². The fraction of sp³-hybridized carbons (Fsp3) is 0.208. The molecule has 33 heavy (non-hydrogen) atoms. The summed E-state index contributed by atoms with van der Waals surface area (Å²) >= 11 is 0. The molecule has 1 aliphatic rings. The van der Waals surface area contributed by atoms with Crippen LogP contribution in [0.4, 0.5) is 14.6 Å². The van der Waals surface area contributed by atoms with Crippen LogP contribution in [0.25, 0.3) is 5.69 Å². The van der Waals surface area contributed by atoms with E-state index < -0.39 is 17.3 Å². The van der Waals surface area contributed by atoms with Crippen molar-refractivity contribution in [2.75, 3.05) is 11.9 Å². The van der Waals surface area contributed by atoms with Gasteiger partial charge in [0.05, 0.1) is 12.2 Å². The van der Waals surface area contributed by atoms with E-state index in [1.54, 1.807) is 36.5 Å². The second-order valence-electron chi connectivity index (χ2n) is 7.95. The van der Waals surface area contributed by atoms with Crippen LogP contribution in [-0.2, 0) is 6.54 Å². The van der Waals surface area contributed by atoms with Gasteiger partial charge >= 0.3 is 5.69 Å². The first-order valence-corrected chi connectivity index (χ1v) is 10.6. The zero-order valence-corrected chi connectivity index (χ0v) is 17.6. The normalized spacial score (nSPS) is 13.2. The number of aromatic nitrogens is 4. The highest BCUT2D eigenvalue weighted by atomic mass is 19.1. The Morgan fingerprint density at radius 2 is 1.79 bits per heavy atom. The summed E-state index contributed by atoms with van der Waals surface area (Å²) in [5.41, 5.74) is -0.195. The van der Waals surface area contributed by atoms with Gasteiger partial charge in [-0.1, -0.05) is 6.07 Å². The van der Waals surface area contributed by atoms with Gasteiger partial charge in [0.25, 0.3) is 0 Å². The summed E-state index contributed by atoms with van der Waals surface area (Å²) < 4.78 is 36.1. The van der Waals surface area contributed by atoms with Crippen molar-refractivity contribution in [3.05, 3.63) is 94.8 Å². The Hall–Kier alpha value is -4.01. The second kappa shape index (κ2) is 8.85. The number of hydrogen-bond donors (Lipinski definition) is 1. The molecule has 1 fully saturated rings. The Morgan fingerprint density at radius 1 is 1.03 bits per heavy atom. The predicted molar refractivity (Wildman–Crippen MR) is 119 cm³/mol. The number of hydrogen-bond acceptors (Lipinski definition) is 5. The number of ether oxygens (including phenoxy) is 1. The second-order valence-corrected chi connectivity index (χ2v) is 7.95. The highest BCUT2D eigenvalue weighted by Crippen LogP contribution is 2.29. The summed E-state index contributed by atoms with van der Waals surface area (Å²) in [5.74, 6) is 1.31. The monoisotopic (exact) mass is 449 g/mol. The Kier molecular flexibility index (Phi) is 5.60. The van der Waals surface area contributed by atoms with Gasteiger partial charge in [-0.25, -0.2) is 18.6 Å². The van der Waals surface area contributed by atoms with Gasteiger partial charge in [-0.15, -0.1) is 0 Å². The van der Waals surface area contributed by atoms with Crippen molar-refractivity contribution in [1.82, 2.24) is 19.3 Å². The highest BCUT2D eigenvalue weighted by Gasteiger charge is 2.20. The predicted octanol–water partition coefficient (Wildman–Crippen LogP) is 4.37. The lowest BCUT2D eigenvalue weighted by Crippen LogP contribution is -2.24. The molecule has 5 rings (SSSR count). The van der Waals surface area contributed by atoms with Crippen LogP contribution in [-0.4, -0.2) is 25.9 Å². The van der Waals surface area contributed by atoms with Crippen LogP contribution in [0.5, 0.6) is 11.5 Å². The van der Waals surface area contributed by atoms with Crippen molar-refractivity contribution >= 4 is 5.82 Å². The number of nitrogens with one attached hydrogen (secondary N) is 1. The standard InChI is InChI=1S/C24H21F2N5O2/c25-21-2-1-3-22(26)20(21)14-30-15-29-31(24(30)32)17-6-8-18(9-7-17)33-19-10-11-27-23(12-19)28-13-16-4-5-16/h1-3,6-12,15-16H,4-5,13-14H2,(H,27,28). The SMILES string of the molecule is O=c1n(Cc2c(F)cccc2F)cnn1-c1ccc(Oc2ccnc(NCC3CC3)c2)cc1. The number of pyridine rings is 1. The molecule has 1 aliphatic carbocycles. The zero-order valence-electron chi connectivity index (χ0n) is 17.6. The van der Waals surface area contributed by atoms with Gasteiger partial charge in [-0.05, 0) is 61.2 Å². The van der Waals surface area contributed by atoms with Gasteiger partial charge in [0.1, 0.15) is 35.3 Å². The van der Waals surface area contributed by atoms with E-state index in [2.05, 4.69) is 15.4 Å². The maximum Gasteiger partial charge on any atom is 0.350 e. The number of halogens is 2. The van der Waals surface area contributed by atoms with E-state index in [9.17, 15) is 13.6 Å². The van der Waals surface area contributed by atoms with Crippen LogP contribution < -0.4 is 15.7 Å². The molecule has 2 aromatic heterocycles. The lowest BCUT2D eigenvalue weighted by atomic mass is 10.2. The van der Waals surface area contributed by atoms with Gasteiger partial charge in [0.15, 0.2) is 0 Å². The van der Waals surface area contributed by atoms with Gasteiger partial charge < -0.3 is 10.1 Å². The largest absolute Gasteiger partial charge is 0.457 e. The van der Waals surface area contributed by atoms with Crippen LogP contribution in [0.2, 0.25) is 0 Å². The van der Waals surface area contributed by atoms with Gasteiger partial charge in [0, 0.05) is 24.4 Å². The molecule has 4 aromatic rings. The summed E-state index contributed by atoms with van der Waals surface area (Å²) in [6, 6.07) is 14.0. The summed E-state index contributed by atoms with van der Waals surface area (Å²) in [6.07, 6.45) is 5.46. The smallest absolute Gasteiger partial charge is 0.350 e. The number of nitrogens with zero attached hydrogens (tertiary/aromatic N) is 4. The van der Waals surface area contributed by atoms with E-state index in [-0.39, 0.29) is 12.1 Å². The molecular formula is C24H21F2N5O2. The lowest BCUT2D eigenvalue weighted by Gasteiger charge is -2.09. The highest BCUT2D eigenvalue weighted by molar-refractivity contribution is 5.44. The minimum Gasteiger partial charge on any atom is -0.457 e. The maximum atomic E-state index is 13.9. The molecule has 0 unspecified atom stereocenters. The molecule has 7 nitrogen and oxygen atoms in total. The van der Waals surface area contributed by atoms with Crippen molar-refractivity contribution in [2.45, 2.75) is 19.4 Å².